The van der Waals surface area contributed by atoms with Crippen LogP contribution in [0.4, 0.5) is 5.82 Å². The number of benzene rings is 3. The zero-order valence-electron chi connectivity index (χ0n) is 34.8. The molecule has 0 spiro atoms. The number of nitrogen functional groups attached to an aromatic ring is 1. The number of rotatable bonds is 21. The van der Waals surface area contributed by atoms with E-state index in [1.807, 2.05) is 64.2 Å². The number of aromatic nitrogens is 2. The third-order valence-corrected chi connectivity index (χ3v) is 9.65. The van der Waals surface area contributed by atoms with Crippen molar-refractivity contribution in [1.29, 1.82) is 0 Å². The molecule has 312 valence electrons. The van der Waals surface area contributed by atoms with Gasteiger partial charge in [-0.15, -0.1) is 11.6 Å². The molecule has 0 fully saturated rings. The predicted octanol–water partition coefficient (Wildman–Crippen LogP) is 9.81. The molecule has 0 saturated heterocycles. The number of ether oxygens (including phenoxy) is 4. The smallest absolute Gasteiger partial charge is 0.306 e. The number of nitrogens with two attached hydrogens (primary N) is 1. The van der Waals surface area contributed by atoms with Gasteiger partial charge in [-0.1, -0.05) is 42.5 Å². The highest BCUT2D eigenvalue weighted by Crippen LogP contribution is 2.28. The molecular formula is C47H60ClN3O7. The first-order chi connectivity index (χ1) is 27.8. The van der Waals surface area contributed by atoms with E-state index in [0.717, 1.165) is 88.1 Å². The molecule has 0 atom stereocenters. The van der Waals surface area contributed by atoms with Crippen LogP contribution in [0.2, 0.25) is 0 Å². The highest BCUT2D eigenvalue weighted by Gasteiger charge is 2.15. The molecule has 0 amide bonds. The van der Waals surface area contributed by atoms with Crippen LogP contribution in [0.25, 0.3) is 21.8 Å². The molecule has 5 rings (SSSR count). The molecule has 0 bridgehead atoms. The number of carbonyl (C=O) groups excluding carboxylic acids is 2. The van der Waals surface area contributed by atoms with Crippen LogP contribution < -0.4 is 5.73 Å². The number of unbranched alkanes of at least 4 members (excludes halogenated alkanes) is 2. The van der Waals surface area contributed by atoms with Crippen molar-refractivity contribution >= 4 is 51.0 Å². The van der Waals surface area contributed by atoms with Crippen molar-refractivity contribution in [3.8, 4) is 5.75 Å². The monoisotopic (exact) mass is 813 g/mol. The quantitative estimate of drug-likeness (QED) is 0.0242. The summed E-state index contributed by atoms with van der Waals surface area (Å²) in [7, 11) is 0. The lowest BCUT2D eigenvalue weighted by molar-refractivity contribution is -0.155. The second-order valence-corrected chi connectivity index (χ2v) is 15.7. The Balaban J connectivity index is 0.000000261. The molecule has 0 unspecified atom stereocenters. The van der Waals surface area contributed by atoms with Gasteiger partial charge in [0.2, 0.25) is 0 Å². The van der Waals surface area contributed by atoms with Gasteiger partial charge in [-0.3, -0.25) is 14.6 Å². The molecule has 3 aromatic carbocycles. The van der Waals surface area contributed by atoms with Crippen molar-refractivity contribution in [2.75, 3.05) is 45.4 Å². The summed E-state index contributed by atoms with van der Waals surface area (Å²) in [5.74, 6) is 1.23. The molecule has 3 N–H and O–H groups in total. The first-order valence-electron chi connectivity index (χ1n) is 20.2. The number of aryl methyl sites for hydroxylation is 4. The van der Waals surface area contributed by atoms with Crippen molar-refractivity contribution in [2.45, 2.75) is 97.5 Å². The van der Waals surface area contributed by atoms with E-state index in [1.165, 1.54) is 5.56 Å². The number of nitrogens with zero attached hydrogens (tertiary/aromatic N) is 2. The lowest BCUT2D eigenvalue weighted by atomic mass is 9.99. The summed E-state index contributed by atoms with van der Waals surface area (Å²) >= 11 is 5.76. The number of aromatic hydroxyl groups is 1. The van der Waals surface area contributed by atoms with E-state index in [4.69, 9.17) is 36.3 Å². The van der Waals surface area contributed by atoms with Gasteiger partial charge >= 0.3 is 5.97 Å². The fourth-order valence-corrected chi connectivity index (χ4v) is 6.44. The van der Waals surface area contributed by atoms with Crippen molar-refractivity contribution in [1.82, 2.24) is 9.97 Å². The number of ketones is 1. The third-order valence-electron chi connectivity index (χ3n) is 9.34. The fourth-order valence-electron chi connectivity index (χ4n) is 6.26. The van der Waals surface area contributed by atoms with E-state index in [2.05, 4.69) is 41.2 Å². The van der Waals surface area contributed by atoms with Crippen molar-refractivity contribution in [3.63, 3.8) is 0 Å². The molecule has 0 aliphatic carbocycles. The van der Waals surface area contributed by atoms with Crippen molar-refractivity contribution in [2.24, 2.45) is 0 Å². The molecule has 0 radical (unpaired) electrons. The Morgan fingerprint density at radius 1 is 0.741 bits per heavy atom. The lowest BCUT2D eigenvalue weighted by Gasteiger charge is -2.19. The number of halogens is 1. The van der Waals surface area contributed by atoms with Gasteiger partial charge in [-0.2, -0.15) is 0 Å². The highest BCUT2D eigenvalue weighted by atomic mass is 35.5. The summed E-state index contributed by atoms with van der Waals surface area (Å²) < 4.78 is 21.7. The average Bonchev–Trinajstić information content (AvgIpc) is 3.18. The van der Waals surface area contributed by atoms with Crippen LogP contribution in [0.15, 0.2) is 72.9 Å². The normalized spacial score (nSPS) is 11.4. The van der Waals surface area contributed by atoms with Crippen LogP contribution in [0.1, 0.15) is 97.5 Å². The van der Waals surface area contributed by atoms with Gasteiger partial charge in [0.25, 0.3) is 0 Å². The summed E-state index contributed by atoms with van der Waals surface area (Å²) in [6, 6.07) is 21.4. The van der Waals surface area contributed by atoms with Gasteiger partial charge in [-0.25, -0.2) is 4.98 Å². The largest absolute Gasteiger partial charge is 0.508 e. The first kappa shape index (κ1) is 46.1. The minimum Gasteiger partial charge on any atom is -0.508 e. The van der Waals surface area contributed by atoms with Crippen LogP contribution in [-0.4, -0.2) is 72.1 Å². The molecule has 0 aliphatic heterocycles. The zero-order valence-corrected chi connectivity index (χ0v) is 35.5. The topological polar surface area (TPSA) is 143 Å². The summed E-state index contributed by atoms with van der Waals surface area (Å²) in [6.07, 6.45) is 7.84. The number of pyridine rings is 2. The third kappa shape index (κ3) is 16.0. The van der Waals surface area contributed by atoms with Gasteiger partial charge in [-0.05, 0) is 125 Å². The van der Waals surface area contributed by atoms with E-state index < -0.39 is 5.60 Å². The van der Waals surface area contributed by atoms with Gasteiger partial charge in [0.1, 0.15) is 16.9 Å². The number of phenols is 1. The number of carbonyl (C=O) groups is 2. The van der Waals surface area contributed by atoms with E-state index in [9.17, 15) is 14.7 Å². The Morgan fingerprint density at radius 2 is 1.40 bits per heavy atom. The molecular weight excluding hydrogens is 754 g/mol. The van der Waals surface area contributed by atoms with Crippen LogP contribution >= 0.6 is 11.6 Å². The number of fused-ring (bicyclic) bond motifs is 3. The number of phenolic OH excluding ortho intramolecular Hbond substituents is 1. The van der Waals surface area contributed by atoms with Gasteiger partial charge in [0.05, 0.1) is 31.9 Å². The SMILES string of the molecule is CC(C)(C)OC(=O)CCCCOCCOCCOCCCCC(=O)c1ccc(CCl)cc1.Cc1ccc2c(c1)nc(N)c1ncc(CCc3ccc(O)cc3C)cc12. The van der Waals surface area contributed by atoms with Crippen molar-refractivity contribution in [3.05, 3.63) is 106 Å². The summed E-state index contributed by atoms with van der Waals surface area (Å²) in [6.45, 7) is 13.0. The van der Waals surface area contributed by atoms with Crippen LogP contribution in [-0.2, 0) is 42.5 Å². The Kier molecular flexibility index (Phi) is 18.8. The van der Waals surface area contributed by atoms with Crippen LogP contribution in [0, 0.1) is 13.8 Å². The second kappa shape index (κ2) is 23.7. The Morgan fingerprint density at radius 3 is 2.03 bits per heavy atom. The molecule has 2 heterocycles. The molecule has 2 aromatic heterocycles. The van der Waals surface area contributed by atoms with Gasteiger partial charge < -0.3 is 29.8 Å². The number of Topliss-reactive ketones (excluding diaryl/α,β-unsaturated/α-hetero) is 1. The molecule has 11 heteroatoms. The maximum Gasteiger partial charge on any atom is 0.306 e. The van der Waals surface area contributed by atoms with E-state index in [1.54, 1.807) is 12.1 Å². The number of esters is 1. The van der Waals surface area contributed by atoms with E-state index in [-0.39, 0.29) is 11.8 Å². The van der Waals surface area contributed by atoms with Crippen LogP contribution in [0.5, 0.6) is 5.75 Å². The molecule has 58 heavy (non-hydrogen) atoms. The second-order valence-electron chi connectivity index (χ2n) is 15.5. The zero-order chi connectivity index (χ0) is 41.9. The maximum atomic E-state index is 12.1. The van der Waals surface area contributed by atoms with E-state index in [0.29, 0.717) is 69.9 Å². The maximum absolute atomic E-state index is 12.1. The van der Waals surface area contributed by atoms with Crippen molar-refractivity contribution < 1.29 is 33.6 Å². The first-order valence-corrected chi connectivity index (χ1v) is 20.7. The number of anilines is 1. The summed E-state index contributed by atoms with van der Waals surface area (Å²) in [5, 5.41) is 11.7. The minimum atomic E-state index is -0.425. The molecule has 5 aromatic rings. The fraction of sp³-hybridized carbons (Fsp3) is 0.447. The summed E-state index contributed by atoms with van der Waals surface area (Å²) in [5.41, 5.74) is 13.8. The molecule has 0 aliphatic rings. The Labute approximate surface area is 348 Å². The summed E-state index contributed by atoms with van der Waals surface area (Å²) in [4.78, 5) is 32.8. The molecule has 10 nitrogen and oxygen atoms in total. The Bertz CT molecular complexity index is 2060. The number of hydrogen-bond donors (Lipinski definition) is 2. The molecule has 0 saturated carbocycles. The van der Waals surface area contributed by atoms with E-state index >= 15 is 0 Å². The minimum absolute atomic E-state index is 0.152. The average molecular weight is 814 g/mol. The standard InChI is InChI=1S/C25H39ClO6.C22H21N3O/c1-25(2,3)32-24(28)9-5-7-15-30-17-19-31-18-16-29-14-6-4-8-23(27)22-12-10-21(20-26)11-13-22;1-13-3-8-18-19-11-15(4-5-16-6-7-17(26)10-14(16)2)12-24-21(19)22(23)25-20(18)9-13/h10-13H,4-9,14-20H2,1-3H3;3,6-12,26H,4-5H2,1-2H3,(H2,23,25). The highest BCUT2D eigenvalue weighted by molar-refractivity contribution is 6.17. The number of hydrogen-bond acceptors (Lipinski definition) is 10. The van der Waals surface area contributed by atoms with Gasteiger partial charge in [0.15, 0.2) is 11.6 Å². The Hall–Kier alpha value is -4.61. The van der Waals surface area contributed by atoms with Gasteiger partial charge in [0, 0.05) is 54.5 Å². The number of alkyl halides is 1. The predicted molar refractivity (Wildman–Crippen MR) is 233 cm³/mol. The lowest BCUT2D eigenvalue weighted by Crippen LogP contribution is -2.23. The van der Waals surface area contributed by atoms with Crippen LogP contribution in [0.3, 0.4) is 0 Å².